The molecule has 0 aromatic heterocycles. The van der Waals surface area contributed by atoms with Crippen LogP contribution in [-0.2, 0) is 0 Å². The van der Waals surface area contributed by atoms with Crippen molar-refractivity contribution in [1.29, 1.82) is 0 Å². The first-order chi connectivity index (χ1) is 5.52. The van der Waals surface area contributed by atoms with E-state index in [1.807, 2.05) is 0 Å². The van der Waals surface area contributed by atoms with Crippen LogP contribution in [-0.4, -0.2) is 5.25 Å². The SMILES string of the molecule is CC(C)C1=C(C(C)C)S[C@H](C)C1. The number of rotatable bonds is 2. The Balaban J connectivity index is 2.81. The lowest BCUT2D eigenvalue weighted by Crippen LogP contribution is -1.98. The Hall–Kier alpha value is 0.0900. The van der Waals surface area contributed by atoms with Gasteiger partial charge in [0.15, 0.2) is 0 Å². The highest BCUT2D eigenvalue weighted by Gasteiger charge is 2.24. The molecule has 0 bridgehead atoms. The molecule has 12 heavy (non-hydrogen) atoms. The Bertz CT molecular complexity index is 169. The molecule has 0 aromatic rings. The Morgan fingerprint density at radius 3 is 2.08 bits per heavy atom. The third kappa shape index (κ3) is 2.07. The highest BCUT2D eigenvalue weighted by atomic mass is 32.2. The van der Waals surface area contributed by atoms with Crippen molar-refractivity contribution in [3.63, 3.8) is 0 Å². The summed E-state index contributed by atoms with van der Waals surface area (Å²) in [6, 6.07) is 0. The van der Waals surface area contributed by atoms with Gasteiger partial charge in [-0.05, 0) is 23.2 Å². The lowest BCUT2D eigenvalue weighted by atomic mass is 9.95. The fourth-order valence-electron chi connectivity index (χ4n) is 1.77. The van der Waals surface area contributed by atoms with Gasteiger partial charge in [0.2, 0.25) is 0 Å². The van der Waals surface area contributed by atoms with E-state index in [9.17, 15) is 0 Å². The number of hydrogen-bond donors (Lipinski definition) is 0. The van der Waals surface area contributed by atoms with Crippen molar-refractivity contribution in [3.8, 4) is 0 Å². The first-order valence-electron chi connectivity index (χ1n) is 4.92. The van der Waals surface area contributed by atoms with Gasteiger partial charge in [-0.15, -0.1) is 11.8 Å². The van der Waals surface area contributed by atoms with Gasteiger partial charge in [0.05, 0.1) is 0 Å². The molecular weight excluding hydrogens is 164 g/mol. The van der Waals surface area contributed by atoms with Crippen LogP contribution in [0, 0.1) is 11.8 Å². The average molecular weight is 184 g/mol. The van der Waals surface area contributed by atoms with Gasteiger partial charge in [0.25, 0.3) is 0 Å². The zero-order valence-electron chi connectivity index (χ0n) is 8.85. The Morgan fingerprint density at radius 1 is 1.17 bits per heavy atom. The summed E-state index contributed by atoms with van der Waals surface area (Å²) < 4.78 is 0. The Kier molecular flexibility index (Phi) is 3.28. The molecule has 0 aromatic carbocycles. The van der Waals surface area contributed by atoms with Crippen molar-refractivity contribution < 1.29 is 0 Å². The van der Waals surface area contributed by atoms with Gasteiger partial charge in [0, 0.05) is 5.25 Å². The van der Waals surface area contributed by atoms with Crippen LogP contribution in [0.4, 0.5) is 0 Å². The second kappa shape index (κ2) is 3.87. The lowest BCUT2D eigenvalue weighted by molar-refractivity contribution is 0.689. The van der Waals surface area contributed by atoms with Gasteiger partial charge in [-0.3, -0.25) is 0 Å². The van der Waals surface area contributed by atoms with E-state index in [4.69, 9.17) is 0 Å². The summed E-state index contributed by atoms with van der Waals surface area (Å²) in [4.78, 5) is 1.66. The summed E-state index contributed by atoms with van der Waals surface area (Å²) in [6.07, 6.45) is 1.32. The molecule has 0 radical (unpaired) electrons. The summed E-state index contributed by atoms with van der Waals surface area (Å²) in [7, 11) is 0. The van der Waals surface area contributed by atoms with E-state index in [1.54, 1.807) is 10.5 Å². The second-order valence-corrected chi connectivity index (χ2v) is 5.81. The fourth-order valence-corrected chi connectivity index (χ4v) is 3.21. The molecule has 0 saturated heterocycles. The van der Waals surface area contributed by atoms with E-state index in [0.717, 1.165) is 17.1 Å². The molecule has 1 heteroatoms. The average Bonchev–Trinajstić information content (AvgIpc) is 2.31. The van der Waals surface area contributed by atoms with Crippen LogP contribution in [0.1, 0.15) is 41.0 Å². The number of thioether (sulfide) groups is 1. The summed E-state index contributed by atoms with van der Waals surface area (Å²) in [5.41, 5.74) is 1.71. The first-order valence-corrected chi connectivity index (χ1v) is 5.80. The zero-order chi connectivity index (χ0) is 9.30. The first kappa shape index (κ1) is 10.2. The van der Waals surface area contributed by atoms with Crippen LogP contribution in [0.2, 0.25) is 0 Å². The number of hydrogen-bond acceptors (Lipinski definition) is 1. The van der Waals surface area contributed by atoms with E-state index in [2.05, 4.69) is 46.4 Å². The maximum absolute atomic E-state index is 2.34. The van der Waals surface area contributed by atoms with E-state index in [1.165, 1.54) is 6.42 Å². The molecule has 1 atom stereocenters. The van der Waals surface area contributed by atoms with E-state index < -0.39 is 0 Å². The minimum absolute atomic E-state index is 0.734. The quantitative estimate of drug-likeness (QED) is 0.623. The molecule has 0 aliphatic carbocycles. The van der Waals surface area contributed by atoms with Gasteiger partial charge < -0.3 is 0 Å². The fraction of sp³-hybridized carbons (Fsp3) is 0.818. The predicted octanol–water partition coefficient (Wildman–Crippen LogP) is 4.08. The van der Waals surface area contributed by atoms with Crippen LogP contribution in [0.25, 0.3) is 0 Å². The van der Waals surface area contributed by atoms with Gasteiger partial charge in [-0.2, -0.15) is 0 Å². The molecule has 70 valence electrons. The van der Waals surface area contributed by atoms with Crippen LogP contribution in [0.15, 0.2) is 10.5 Å². The second-order valence-electron chi connectivity index (χ2n) is 4.33. The highest BCUT2D eigenvalue weighted by Crippen LogP contribution is 2.44. The Labute approximate surface area is 80.8 Å². The van der Waals surface area contributed by atoms with Gasteiger partial charge in [0.1, 0.15) is 0 Å². The van der Waals surface area contributed by atoms with Gasteiger partial charge in [-0.25, -0.2) is 0 Å². The predicted molar refractivity (Wildman–Crippen MR) is 58.4 cm³/mol. The molecule has 0 amide bonds. The summed E-state index contributed by atoms with van der Waals surface area (Å²) >= 11 is 2.09. The maximum atomic E-state index is 2.34. The minimum Gasteiger partial charge on any atom is -0.127 e. The van der Waals surface area contributed by atoms with Crippen molar-refractivity contribution >= 4 is 11.8 Å². The molecule has 0 fully saturated rings. The molecule has 0 spiro atoms. The van der Waals surface area contributed by atoms with Gasteiger partial charge in [-0.1, -0.05) is 40.2 Å². The molecule has 1 aliphatic heterocycles. The van der Waals surface area contributed by atoms with Crippen molar-refractivity contribution in [2.24, 2.45) is 11.8 Å². The minimum atomic E-state index is 0.734. The highest BCUT2D eigenvalue weighted by molar-refractivity contribution is 8.03. The molecule has 1 aliphatic rings. The zero-order valence-corrected chi connectivity index (χ0v) is 9.66. The summed E-state index contributed by atoms with van der Waals surface area (Å²) in [5, 5.41) is 0.819. The largest absolute Gasteiger partial charge is 0.127 e. The third-order valence-corrected chi connectivity index (χ3v) is 3.93. The summed E-state index contributed by atoms with van der Waals surface area (Å²) in [5.74, 6) is 1.48. The lowest BCUT2D eigenvalue weighted by Gasteiger charge is -2.12. The Morgan fingerprint density at radius 2 is 1.75 bits per heavy atom. The standard InChI is InChI=1S/C11H20S/c1-7(2)10-6-9(5)12-11(10)8(3)4/h7-9H,6H2,1-5H3/t9-/m1/s1. The summed E-state index contributed by atoms with van der Waals surface area (Å²) in [6.45, 7) is 11.6. The van der Waals surface area contributed by atoms with Crippen LogP contribution in [0.3, 0.4) is 0 Å². The normalized spacial score (nSPS) is 24.8. The monoisotopic (exact) mass is 184 g/mol. The molecule has 0 nitrogen and oxygen atoms in total. The van der Waals surface area contributed by atoms with Crippen molar-refractivity contribution in [2.45, 2.75) is 46.3 Å². The van der Waals surface area contributed by atoms with E-state index >= 15 is 0 Å². The molecule has 1 rings (SSSR count). The number of allylic oxidation sites excluding steroid dienone is 2. The van der Waals surface area contributed by atoms with E-state index in [-0.39, 0.29) is 0 Å². The molecule has 1 heterocycles. The smallest absolute Gasteiger partial charge is 0.0101 e. The molecule has 0 unspecified atom stereocenters. The van der Waals surface area contributed by atoms with Crippen LogP contribution < -0.4 is 0 Å². The topological polar surface area (TPSA) is 0 Å². The van der Waals surface area contributed by atoms with Crippen LogP contribution >= 0.6 is 11.8 Å². The third-order valence-electron chi connectivity index (χ3n) is 2.37. The van der Waals surface area contributed by atoms with Crippen molar-refractivity contribution in [3.05, 3.63) is 10.5 Å². The van der Waals surface area contributed by atoms with Crippen molar-refractivity contribution in [2.75, 3.05) is 0 Å². The molecule has 0 N–H and O–H groups in total. The van der Waals surface area contributed by atoms with Crippen LogP contribution in [0.5, 0.6) is 0 Å². The molecule has 0 saturated carbocycles. The molecular formula is C11H20S. The van der Waals surface area contributed by atoms with E-state index in [0.29, 0.717) is 0 Å². The maximum Gasteiger partial charge on any atom is 0.0101 e. The van der Waals surface area contributed by atoms with Crippen molar-refractivity contribution in [1.82, 2.24) is 0 Å². The van der Waals surface area contributed by atoms with Gasteiger partial charge >= 0.3 is 0 Å².